The molecule has 1 aliphatic carbocycles. The maximum atomic E-state index is 13.5. The Labute approximate surface area is 97.3 Å². The van der Waals surface area contributed by atoms with Crippen LogP contribution in [0.25, 0.3) is 0 Å². The van der Waals surface area contributed by atoms with E-state index in [-0.39, 0.29) is 5.82 Å². The number of halogens is 1. The minimum Gasteiger partial charge on any atom is -0.296 e. The van der Waals surface area contributed by atoms with E-state index in [1.807, 2.05) is 12.1 Å². The highest BCUT2D eigenvalue weighted by molar-refractivity contribution is 5.17. The zero-order valence-corrected chi connectivity index (χ0v) is 10.1. The lowest BCUT2D eigenvalue weighted by atomic mass is 10.1. The van der Waals surface area contributed by atoms with Gasteiger partial charge in [0.2, 0.25) is 0 Å². The number of hydrogen-bond acceptors (Lipinski definition) is 1. The summed E-state index contributed by atoms with van der Waals surface area (Å²) in [5.74, 6) is 0.573. The van der Waals surface area contributed by atoms with Crippen LogP contribution >= 0.6 is 0 Å². The molecule has 1 nitrogen and oxygen atoms in total. The minimum absolute atomic E-state index is 0.0723. The van der Waals surface area contributed by atoms with Crippen molar-refractivity contribution in [2.24, 2.45) is 5.92 Å². The van der Waals surface area contributed by atoms with Gasteiger partial charge in [-0.2, -0.15) is 0 Å². The van der Waals surface area contributed by atoms with Crippen molar-refractivity contribution >= 4 is 0 Å². The van der Waals surface area contributed by atoms with E-state index in [1.54, 1.807) is 12.1 Å². The first-order valence-electron chi connectivity index (χ1n) is 6.14. The molecule has 0 bridgehead atoms. The summed E-state index contributed by atoms with van der Waals surface area (Å²) < 4.78 is 13.5. The van der Waals surface area contributed by atoms with E-state index in [2.05, 4.69) is 18.7 Å². The standard InChI is InChI=1S/C14H20FN/c1-11(2)9-16(13-7-8-13)10-12-5-3-4-6-14(12)15/h3-6,11,13H,7-10H2,1-2H3. The fraction of sp³-hybridized carbons (Fsp3) is 0.571. The van der Waals surface area contributed by atoms with E-state index in [1.165, 1.54) is 12.8 Å². The van der Waals surface area contributed by atoms with Crippen LogP contribution in [0.3, 0.4) is 0 Å². The van der Waals surface area contributed by atoms with Crippen LogP contribution in [0, 0.1) is 11.7 Å². The monoisotopic (exact) mass is 221 g/mol. The van der Waals surface area contributed by atoms with Crippen LogP contribution in [0.4, 0.5) is 4.39 Å². The molecule has 0 unspecified atom stereocenters. The van der Waals surface area contributed by atoms with E-state index < -0.39 is 0 Å². The second-order valence-electron chi connectivity index (χ2n) is 5.15. The molecule has 1 saturated carbocycles. The number of hydrogen-bond donors (Lipinski definition) is 0. The maximum absolute atomic E-state index is 13.5. The smallest absolute Gasteiger partial charge is 0.127 e. The van der Waals surface area contributed by atoms with Crippen LogP contribution in [-0.4, -0.2) is 17.5 Å². The molecular formula is C14H20FN. The predicted octanol–water partition coefficient (Wildman–Crippen LogP) is 3.45. The topological polar surface area (TPSA) is 3.24 Å². The summed E-state index contributed by atoms with van der Waals surface area (Å²) in [6.07, 6.45) is 2.56. The van der Waals surface area contributed by atoms with Crippen molar-refractivity contribution < 1.29 is 4.39 Å². The molecule has 0 atom stereocenters. The molecule has 1 aromatic rings. The van der Waals surface area contributed by atoms with Crippen molar-refractivity contribution in [2.75, 3.05) is 6.54 Å². The maximum Gasteiger partial charge on any atom is 0.127 e. The highest BCUT2D eigenvalue weighted by Gasteiger charge is 2.29. The lowest BCUT2D eigenvalue weighted by molar-refractivity contribution is 0.223. The van der Waals surface area contributed by atoms with E-state index in [0.29, 0.717) is 12.0 Å². The zero-order chi connectivity index (χ0) is 11.5. The molecular weight excluding hydrogens is 201 g/mol. The van der Waals surface area contributed by atoms with Gasteiger partial charge in [0, 0.05) is 24.7 Å². The van der Waals surface area contributed by atoms with Gasteiger partial charge < -0.3 is 0 Å². The second kappa shape index (κ2) is 4.96. The second-order valence-corrected chi connectivity index (χ2v) is 5.15. The van der Waals surface area contributed by atoms with Gasteiger partial charge in [0.25, 0.3) is 0 Å². The van der Waals surface area contributed by atoms with Crippen LogP contribution < -0.4 is 0 Å². The Morgan fingerprint density at radius 3 is 2.56 bits per heavy atom. The third kappa shape index (κ3) is 3.05. The van der Waals surface area contributed by atoms with Crippen LogP contribution in [0.15, 0.2) is 24.3 Å². The summed E-state index contributed by atoms with van der Waals surface area (Å²) in [5.41, 5.74) is 0.829. The van der Waals surface area contributed by atoms with Gasteiger partial charge in [-0.1, -0.05) is 32.0 Å². The molecule has 0 aliphatic heterocycles. The van der Waals surface area contributed by atoms with Crippen molar-refractivity contribution in [3.8, 4) is 0 Å². The summed E-state index contributed by atoms with van der Waals surface area (Å²) in [5, 5.41) is 0. The highest BCUT2D eigenvalue weighted by Crippen LogP contribution is 2.29. The van der Waals surface area contributed by atoms with Crippen LogP contribution in [0.5, 0.6) is 0 Å². The van der Waals surface area contributed by atoms with Crippen molar-refractivity contribution in [1.82, 2.24) is 4.90 Å². The molecule has 0 N–H and O–H groups in total. The molecule has 1 aromatic carbocycles. The average molecular weight is 221 g/mol. The Morgan fingerprint density at radius 1 is 1.31 bits per heavy atom. The summed E-state index contributed by atoms with van der Waals surface area (Å²) in [4.78, 5) is 2.42. The molecule has 16 heavy (non-hydrogen) atoms. The van der Waals surface area contributed by atoms with E-state index in [4.69, 9.17) is 0 Å². The van der Waals surface area contributed by atoms with E-state index in [0.717, 1.165) is 18.7 Å². The quantitative estimate of drug-likeness (QED) is 0.736. The number of benzene rings is 1. The molecule has 1 fully saturated rings. The minimum atomic E-state index is -0.0723. The van der Waals surface area contributed by atoms with Gasteiger partial charge in [0.15, 0.2) is 0 Å². The zero-order valence-electron chi connectivity index (χ0n) is 10.1. The van der Waals surface area contributed by atoms with Gasteiger partial charge in [-0.3, -0.25) is 4.90 Å². The Morgan fingerprint density at radius 2 is 2.00 bits per heavy atom. The van der Waals surface area contributed by atoms with E-state index in [9.17, 15) is 4.39 Å². The summed E-state index contributed by atoms with van der Waals surface area (Å²) in [6.45, 7) is 6.27. The lowest BCUT2D eigenvalue weighted by Gasteiger charge is -2.24. The van der Waals surface area contributed by atoms with Gasteiger partial charge in [0.1, 0.15) is 5.82 Å². The molecule has 0 aromatic heterocycles. The molecule has 0 heterocycles. The lowest BCUT2D eigenvalue weighted by Crippen LogP contribution is -2.29. The van der Waals surface area contributed by atoms with Gasteiger partial charge in [-0.05, 0) is 24.8 Å². The summed E-state index contributed by atoms with van der Waals surface area (Å²) >= 11 is 0. The van der Waals surface area contributed by atoms with Crippen molar-refractivity contribution in [2.45, 2.75) is 39.3 Å². The van der Waals surface area contributed by atoms with Crippen LogP contribution in [0.2, 0.25) is 0 Å². The average Bonchev–Trinajstić information content (AvgIpc) is 3.03. The summed E-state index contributed by atoms with van der Waals surface area (Å²) in [7, 11) is 0. The van der Waals surface area contributed by atoms with Crippen molar-refractivity contribution in [3.05, 3.63) is 35.6 Å². The Kier molecular flexibility index (Phi) is 3.59. The Balaban J connectivity index is 2.02. The molecule has 0 radical (unpaired) electrons. The number of rotatable bonds is 5. The Hall–Kier alpha value is -0.890. The first-order valence-corrected chi connectivity index (χ1v) is 6.14. The molecule has 1 aliphatic rings. The molecule has 0 saturated heterocycles. The van der Waals surface area contributed by atoms with Gasteiger partial charge in [-0.15, -0.1) is 0 Å². The van der Waals surface area contributed by atoms with Crippen molar-refractivity contribution in [1.29, 1.82) is 0 Å². The van der Waals surface area contributed by atoms with Crippen molar-refractivity contribution in [3.63, 3.8) is 0 Å². The van der Waals surface area contributed by atoms with Gasteiger partial charge >= 0.3 is 0 Å². The largest absolute Gasteiger partial charge is 0.296 e. The first-order chi connectivity index (χ1) is 7.66. The molecule has 88 valence electrons. The molecule has 0 spiro atoms. The van der Waals surface area contributed by atoms with Crippen LogP contribution in [0.1, 0.15) is 32.3 Å². The van der Waals surface area contributed by atoms with Gasteiger partial charge in [-0.25, -0.2) is 4.39 Å². The fourth-order valence-electron chi connectivity index (χ4n) is 2.10. The predicted molar refractivity (Wildman–Crippen MR) is 64.7 cm³/mol. The SMILES string of the molecule is CC(C)CN(Cc1ccccc1F)C1CC1. The Bertz CT molecular complexity index is 344. The molecule has 2 heteroatoms. The third-order valence-corrected chi connectivity index (χ3v) is 2.99. The summed E-state index contributed by atoms with van der Waals surface area (Å²) in [6, 6.07) is 7.81. The molecule has 0 amide bonds. The number of nitrogens with zero attached hydrogens (tertiary/aromatic N) is 1. The van der Waals surface area contributed by atoms with Crippen LogP contribution in [-0.2, 0) is 6.54 Å². The van der Waals surface area contributed by atoms with Gasteiger partial charge in [0.05, 0.1) is 0 Å². The molecule has 2 rings (SSSR count). The normalized spacial score (nSPS) is 16.1. The first kappa shape index (κ1) is 11.6. The van der Waals surface area contributed by atoms with E-state index >= 15 is 0 Å². The third-order valence-electron chi connectivity index (χ3n) is 2.99. The highest BCUT2D eigenvalue weighted by atomic mass is 19.1. The fourth-order valence-corrected chi connectivity index (χ4v) is 2.10.